The van der Waals surface area contributed by atoms with Crippen molar-refractivity contribution in [1.29, 1.82) is 0 Å². The lowest BCUT2D eigenvalue weighted by Gasteiger charge is -2.16. The molecule has 1 aliphatic rings. The number of anilines is 2. The topological polar surface area (TPSA) is 113 Å². The minimum atomic E-state index is -0.954. The second kappa shape index (κ2) is 9.64. The molecule has 0 fully saturated rings. The van der Waals surface area contributed by atoms with E-state index in [0.29, 0.717) is 40.4 Å². The summed E-state index contributed by atoms with van der Waals surface area (Å²) in [5, 5.41) is 5.64. The highest BCUT2D eigenvalue weighted by molar-refractivity contribution is 6.32. The Morgan fingerprint density at radius 2 is 1.94 bits per heavy atom. The summed E-state index contributed by atoms with van der Waals surface area (Å²) in [5.41, 5.74) is 7.34. The molecule has 0 saturated heterocycles. The van der Waals surface area contributed by atoms with E-state index in [9.17, 15) is 18.4 Å². The number of H-pyrrole nitrogens is 1. The Bertz CT molecular complexity index is 1280. The third-order valence-electron chi connectivity index (χ3n) is 5.38. The SMILES string of the molecule is Cc1cc(F)c(C(=O)N[C@H]2CC=CCCC(=O)Nc3cc(N)ccc3-c3nc2[nH]c3Cl)c(F)c1. The Hall–Kier alpha value is -3.72. The third-order valence-corrected chi connectivity index (χ3v) is 5.65. The number of halogens is 3. The molecule has 7 nitrogen and oxygen atoms in total. The van der Waals surface area contributed by atoms with Gasteiger partial charge >= 0.3 is 0 Å². The number of allylic oxidation sites excluding steroid dienone is 1. The van der Waals surface area contributed by atoms with Crippen LogP contribution in [-0.4, -0.2) is 21.8 Å². The first-order valence-corrected chi connectivity index (χ1v) is 11.0. The molecular formula is C24H22ClF2N5O2. The lowest BCUT2D eigenvalue weighted by molar-refractivity contribution is -0.116. The van der Waals surface area contributed by atoms with Crippen LogP contribution in [0.2, 0.25) is 5.15 Å². The summed E-state index contributed by atoms with van der Waals surface area (Å²) in [5.74, 6) is -2.75. The first-order chi connectivity index (χ1) is 16.2. The molecule has 10 heteroatoms. The summed E-state index contributed by atoms with van der Waals surface area (Å²) >= 11 is 6.43. The van der Waals surface area contributed by atoms with Gasteiger partial charge in [-0.25, -0.2) is 13.8 Å². The number of carbonyl (C=O) groups is 2. The van der Waals surface area contributed by atoms with Crippen LogP contribution in [0.3, 0.4) is 0 Å². The van der Waals surface area contributed by atoms with Crippen LogP contribution in [0, 0.1) is 18.6 Å². The van der Waals surface area contributed by atoms with Gasteiger partial charge < -0.3 is 21.4 Å². The van der Waals surface area contributed by atoms with Crippen molar-refractivity contribution in [3.05, 3.63) is 76.2 Å². The predicted octanol–water partition coefficient (Wildman–Crippen LogP) is 5.05. The van der Waals surface area contributed by atoms with Gasteiger partial charge in [0.2, 0.25) is 5.91 Å². The van der Waals surface area contributed by atoms with Gasteiger partial charge in [-0.3, -0.25) is 9.59 Å². The number of nitrogens with two attached hydrogens (primary N) is 1. The summed E-state index contributed by atoms with van der Waals surface area (Å²) < 4.78 is 28.7. The van der Waals surface area contributed by atoms with Crippen LogP contribution < -0.4 is 16.4 Å². The Labute approximate surface area is 199 Å². The maximum absolute atomic E-state index is 14.4. The van der Waals surface area contributed by atoms with E-state index in [4.69, 9.17) is 17.3 Å². The van der Waals surface area contributed by atoms with Crippen molar-refractivity contribution < 1.29 is 18.4 Å². The van der Waals surface area contributed by atoms with Crippen molar-refractivity contribution >= 4 is 34.8 Å². The van der Waals surface area contributed by atoms with Gasteiger partial charge in [-0.05, 0) is 55.7 Å². The van der Waals surface area contributed by atoms with Crippen molar-refractivity contribution in [2.45, 2.75) is 32.2 Å². The van der Waals surface area contributed by atoms with Crippen molar-refractivity contribution in [1.82, 2.24) is 15.3 Å². The zero-order chi connectivity index (χ0) is 24.4. The van der Waals surface area contributed by atoms with Gasteiger partial charge in [-0.2, -0.15) is 0 Å². The molecule has 0 radical (unpaired) electrons. The molecule has 2 amide bonds. The number of aromatic amines is 1. The van der Waals surface area contributed by atoms with Crippen LogP contribution in [0.4, 0.5) is 20.2 Å². The zero-order valence-corrected chi connectivity index (χ0v) is 19.0. The molecule has 0 aliphatic carbocycles. The minimum absolute atomic E-state index is 0.170. The number of benzene rings is 2. The van der Waals surface area contributed by atoms with Crippen LogP contribution in [0.15, 0.2) is 42.5 Å². The monoisotopic (exact) mass is 485 g/mol. The van der Waals surface area contributed by atoms with Crippen LogP contribution in [0.5, 0.6) is 0 Å². The molecule has 1 aromatic heterocycles. The number of carbonyl (C=O) groups excluding carboxylic acids is 2. The standard InChI is InChI=1S/C24H22ClF2N5O2/c1-12-9-15(26)20(16(27)10-12)24(34)30-17-5-3-2-4-6-19(33)29-18-11-13(28)7-8-14(18)21-22(25)32-23(17)31-21/h2-3,7-11,17H,4-6,28H2,1H3,(H,29,33)(H,30,34)(H,31,32)/t17-/m0/s1. The van der Waals surface area contributed by atoms with Gasteiger partial charge in [0.25, 0.3) is 5.91 Å². The molecule has 3 aromatic rings. The number of aryl methyl sites for hydroxylation is 1. The third kappa shape index (κ3) is 4.94. The highest BCUT2D eigenvalue weighted by atomic mass is 35.5. The fraction of sp³-hybridized carbons (Fsp3) is 0.208. The van der Waals surface area contributed by atoms with Crippen LogP contribution in [0.1, 0.15) is 47.1 Å². The largest absolute Gasteiger partial charge is 0.399 e. The number of rotatable bonds is 2. The fourth-order valence-electron chi connectivity index (χ4n) is 3.75. The maximum Gasteiger partial charge on any atom is 0.257 e. The fourth-order valence-corrected chi connectivity index (χ4v) is 3.99. The number of nitrogens with zero attached hydrogens (tertiary/aromatic N) is 1. The highest BCUT2D eigenvalue weighted by Crippen LogP contribution is 2.35. The van der Waals surface area contributed by atoms with E-state index in [-0.39, 0.29) is 23.9 Å². The van der Waals surface area contributed by atoms with E-state index in [1.807, 2.05) is 0 Å². The summed E-state index contributed by atoms with van der Waals surface area (Å²) in [6.07, 6.45) is 4.48. The Kier molecular flexibility index (Phi) is 6.65. The van der Waals surface area contributed by atoms with Crippen molar-refractivity contribution in [2.24, 2.45) is 0 Å². The number of amides is 2. The Morgan fingerprint density at radius 1 is 1.21 bits per heavy atom. The van der Waals surface area contributed by atoms with Gasteiger partial charge in [0, 0.05) is 17.7 Å². The molecule has 2 bridgehead atoms. The first-order valence-electron chi connectivity index (χ1n) is 10.6. The highest BCUT2D eigenvalue weighted by Gasteiger charge is 2.25. The van der Waals surface area contributed by atoms with Gasteiger partial charge in [0.15, 0.2) is 0 Å². The average molecular weight is 486 g/mol. The Balaban J connectivity index is 1.74. The average Bonchev–Trinajstić information content (AvgIpc) is 3.13. The lowest BCUT2D eigenvalue weighted by Crippen LogP contribution is -2.30. The molecule has 0 spiro atoms. The van der Waals surface area contributed by atoms with Crippen LogP contribution in [-0.2, 0) is 4.79 Å². The molecule has 1 atom stereocenters. The van der Waals surface area contributed by atoms with E-state index in [0.717, 1.165) is 12.1 Å². The smallest absolute Gasteiger partial charge is 0.257 e. The summed E-state index contributed by atoms with van der Waals surface area (Å²) in [6, 6.07) is 6.36. The minimum Gasteiger partial charge on any atom is -0.399 e. The molecule has 4 rings (SSSR count). The quantitative estimate of drug-likeness (QED) is 0.300. The summed E-state index contributed by atoms with van der Waals surface area (Å²) in [4.78, 5) is 32.7. The Morgan fingerprint density at radius 3 is 2.68 bits per heavy atom. The second-order valence-electron chi connectivity index (χ2n) is 8.01. The zero-order valence-electron chi connectivity index (χ0n) is 18.2. The number of aromatic nitrogens is 2. The van der Waals surface area contributed by atoms with Gasteiger partial charge in [-0.1, -0.05) is 23.8 Å². The van der Waals surface area contributed by atoms with Gasteiger partial charge in [0.05, 0.1) is 11.7 Å². The normalized spacial score (nSPS) is 16.0. The number of hydrogen-bond donors (Lipinski definition) is 4. The van der Waals surface area contributed by atoms with Crippen molar-refractivity contribution in [3.8, 4) is 11.3 Å². The van der Waals surface area contributed by atoms with Crippen LogP contribution >= 0.6 is 11.6 Å². The van der Waals surface area contributed by atoms with E-state index in [1.165, 1.54) is 6.92 Å². The molecule has 5 N–H and O–H groups in total. The van der Waals surface area contributed by atoms with E-state index < -0.39 is 29.1 Å². The number of nitrogen functional groups attached to an aromatic ring is 1. The van der Waals surface area contributed by atoms with E-state index >= 15 is 0 Å². The summed E-state index contributed by atoms with van der Waals surface area (Å²) in [6.45, 7) is 1.53. The van der Waals surface area contributed by atoms with Crippen LogP contribution in [0.25, 0.3) is 11.3 Å². The second-order valence-corrected chi connectivity index (χ2v) is 8.39. The molecule has 0 saturated carbocycles. The predicted molar refractivity (Wildman–Crippen MR) is 126 cm³/mol. The number of nitrogens with one attached hydrogen (secondary N) is 3. The van der Waals surface area contributed by atoms with E-state index in [2.05, 4.69) is 20.6 Å². The summed E-state index contributed by atoms with van der Waals surface area (Å²) in [7, 11) is 0. The van der Waals surface area contributed by atoms with Crippen molar-refractivity contribution in [3.63, 3.8) is 0 Å². The molecule has 2 aromatic carbocycles. The molecule has 0 unspecified atom stereocenters. The molecular weight excluding hydrogens is 464 g/mol. The molecule has 176 valence electrons. The van der Waals surface area contributed by atoms with Gasteiger partial charge in [-0.15, -0.1) is 0 Å². The first kappa shape index (κ1) is 23.4. The maximum atomic E-state index is 14.4. The van der Waals surface area contributed by atoms with E-state index in [1.54, 1.807) is 30.4 Å². The molecule has 34 heavy (non-hydrogen) atoms. The lowest BCUT2D eigenvalue weighted by atomic mass is 10.1. The van der Waals surface area contributed by atoms with Gasteiger partial charge in [0.1, 0.15) is 33.9 Å². The molecule has 2 heterocycles. The van der Waals surface area contributed by atoms with Crippen molar-refractivity contribution in [2.75, 3.05) is 11.1 Å². The number of fused-ring (bicyclic) bond motifs is 4. The number of imidazole rings is 1. The molecule has 1 aliphatic heterocycles. The number of hydrogen-bond acceptors (Lipinski definition) is 4.